The average molecular weight is 385 g/mol. The summed E-state index contributed by atoms with van der Waals surface area (Å²) in [6.07, 6.45) is 1.07. The summed E-state index contributed by atoms with van der Waals surface area (Å²) in [4.78, 5) is 28.9. The van der Waals surface area contributed by atoms with Crippen LogP contribution in [0.4, 0.5) is 5.95 Å². The number of halogens is 1. The SMILES string of the molecule is CCCn1c(NC(=O)CCNC(=O)c2ccccc2Cl)nc2ccccc21. The molecule has 2 aromatic carbocycles. The lowest BCUT2D eigenvalue weighted by molar-refractivity contribution is -0.116. The van der Waals surface area contributed by atoms with Gasteiger partial charge in [0.25, 0.3) is 5.91 Å². The first kappa shape index (κ1) is 18.9. The minimum Gasteiger partial charge on any atom is -0.351 e. The first-order chi connectivity index (χ1) is 13.1. The molecule has 0 bridgehead atoms. The minimum absolute atomic E-state index is 0.144. The highest BCUT2D eigenvalue weighted by Gasteiger charge is 2.13. The molecule has 0 unspecified atom stereocenters. The van der Waals surface area contributed by atoms with E-state index < -0.39 is 0 Å². The van der Waals surface area contributed by atoms with Gasteiger partial charge in [-0.25, -0.2) is 4.98 Å². The van der Waals surface area contributed by atoms with Gasteiger partial charge in [0.05, 0.1) is 21.6 Å². The number of nitrogens with zero attached hydrogens (tertiary/aromatic N) is 2. The Kier molecular flexibility index (Phi) is 6.08. The van der Waals surface area contributed by atoms with Crippen molar-refractivity contribution >= 4 is 40.4 Å². The van der Waals surface area contributed by atoms with Gasteiger partial charge in [-0.3, -0.25) is 14.9 Å². The van der Waals surface area contributed by atoms with E-state index >= 15 is 0 Å². The van der Waals surface area contributed by atoms with Gasteiger partial charge in [0.15, 0.2) is 0 Å². The maximum Gasteiger partial charge on any atom is 0.252 e. The normalized spacial score (nSPS) is 10.7. The predicted octanol–water partition coefficient (Wildman–Crippen LogP) is 3.86. The smallest absolute Gasteiger partial charge is 0.252 e. The first-order valence-corrected chi connectivity index (χ1v) is 9.25. The van der Waals surface area contributed by atoms with Crippen molar-refractivity contribution in [2.24, 2.45) is 0 Å². The molecule has 27 heavy (non-hydrogen) atoms. The molecule has 0 aliphatic rings. The zero-order valence-corrected chi connectivity index (χ0v) is 15.8. The van der Waals surface area contributed by atoms with E-state index in [1.807, 2.05) is 28.8 Å². The number of hydrogen-bond acceptors (Lipinski definition) is 3. The molecule has 0 radical (unpaired) electrons. The van der Waals surface area contributed by atoms with Gasteiger partial charge in [-0.1, -0.05) is 42.8 Å². The molecule has 3 aromatic rings. The van der Waals surface area contributed by atoms with Crippen LogP contribution >= 0.6 is 11.6 Å². The molecule has 140 valence electrons. The molecule has 0 saturated heterocycles. The summed E-state index contributed by atoms with van der Waals surface area (Å²) in [5.74, 6) is 0.0224. The van der Waals surface area contributed by atoms with Crippen LogP contribution in [0.2, 0.25) is 5.02 Å². The zero-order chi connectivity index (χ0) is 19.2. The van der Waals surface area contributed by atoms with Crippen LogP contribution in [0.1, 0.15) is 30.1 Å². The van der Waals surface area contributed by atoms with Crippen LogP contribution < -0.4 is 10.6 Å². The van der Waals surface area contributed by atoms with E-state index in [0.717, 1.165) is 24.0 Å². The Bertz CT molecular complexity index is 968. The number of para-hydroxylation sites is 2. The monoisotopic (exact) mass is 384 g/mol. The van der Waals surface area contributed by atoms with Crippen molar-refractivity contribution in [2.75, 3.05) is 11.9 Å². The lowest BCUT2D eigenvalue weighted by Gasteiger charge is -2.09. The lowest BCUT2D eigenvalue weighted by atomic mass is 10.2. The van der Waals surface area contributed by atoms with Gasteiger partial charge < -0.3 is 9.88 Å². The molecule has 7 heteroatoms. The number of imidazole rings is 1. The third-order valence-corrected chi connectivity index (χ3v) is 4.44. The number of hydrogen-bond donors (Lipinski definition) is 2. The molecule has 2 amide bonds. The number of anilines is 1. The van der Waals surface area contributed by atoms with E-state index in [4.69, 9.17) is 11.6 Å². The van der Waals surface area contributed by atoms with E-state index in [9.17, 15) is 9.59 Å². The molecule has 0 saturated carbocycles. The molecule has 2 N–H and O–H groups in total. The number of carbonyl (C=O) groups is 2. The van der Waals surface area contributed by atoms with E-state index in [-0.39, 0.29) is 24.8 Å². The maximum absolute atomic E-state index is 12.3. The van der Waals surface area contributed by atoms with Crippen molar-refractivity contribution in [1.29, 1.82) is 0 Å². The van der Waals surface area contributed by atoms with Crippen LogP contribution in [0.15, 0.2) is 48.5 Å². The molecule has 0 fully saturated rings. The van der Waals surface area contributed by atoms with Gasteiger partial charge in [-0.2, -0.15) is 0 Å². The number of amides is 2. The van der Waals surface area contributed by atoms with Crippen LogP contribution in [0.25, 0.3) is 11.0 Å². The minimum atomic E-state index is -0.299. The Hall–Kier alpha value is -2.86. The van der Waals surface area contributed by atoms with Crippen LogP contribution in [-0.2, 0) is 11.3 Å². The van der Waals surface area contributed by atoms with Crippen molar-refractivity contribution in [2.45, 2.75) is 26.3 Å². The average Bonchev–Trinajstić information content (AvgIpc) is 2.99. The van der Waals surface area contributed by atoms with Gasteiger partial charge in [0.1, 0.15) is 0 Å². The van der Waals surface area contributed by atoms with Gasteiger partial charge in [-0.15, -0.1) is 0 Å². The Labute approximate surface area is 162 Å². The second-order valence-corrected chi connectivity index (χ2v) is 6.52. The molecule has 3 rings (SSSR count). The molecule has 1 aromatic heterocycles. The van der Waals surface area contributed by atoms with Gasteiger partial charge in [0.2, 0.25) is 11.9 Å². The third-order valence-electron chi connectivity index (χ3n) is 4.11. The number of carbonyl (C=O) groups excluding carboxylic acids is 2. The quantitative estimate of drug-likeness (QED) is 0.649. The summed E-state index contributed by atoms with van der Waals surface area (Å²) >= 11 is 6.00. The number of fused-ring (bicyclic) bond motifs is 1. The standard InChI is InChI=1S/C20H21ClN4O2/c1-2-13-25-17-10-6-5-9-16(17)23-20(25)24-18(26)11-12-22-19(27)14-7-3-4-8-15(14)21/h3-10H,2,11-13H2,1H3,(H,22,27)(H,23,24,26). The van der Waals surface area contributed by atoms with E-state index in [1.54, 1.807) is 24.3 Å². The Balaban J connectivity index is 1.60. The van der Waals surface area contributed by atoms with Gasteiger partial charge in [-0.05, 0) is 30.7 Å². The van der Waals surface area contributed by atoms with E-state index in [1.165, 1.54) is 0 Å². The fourth-order valence-electron chi connectivity index (χ4n) is 2.84. The Morgan fingerprint density at radius 2 is 1.85 bits per heavy atom. The van der Waals surface area contributed by atoms with E-state index in [0.29, 0.717) is 16.5 Å². The molecule has 0 aliphatic carbocycles. The highest BCUT2D eigenvalue weighted by Crippen LogP contribution is 2.20. The highest BCUT2D eigenvalue weighted by atomic mass is 35.5. The van der Waals surface area contributed by atoms with Crippen LogP contribution in [0, 0.1) is 0 Å². The Morgan fingerprint density at radius 3 is 2.63 bits per heavy atom. The highest BCUT2D eigenvalue weighted by molar-refractivity contribution is 6.33. The maximum atomic E-state index is 12.3. The summed E-state index contributed by atoms with van der Waals surface area (Å²) in [6.45, 7) is 3.05. The van der Waals surface area contributed by atoms with Gasteiger partial charge in [0, 0.05) is 19.5 Å². The Morgan fingerprint density at radius 1 is 1.11 bits per heavy atom. The summed E-state index contributed by atoms with van der Waals surface area (Å²) in [5, 5.41) is 5.94. The predicted molar refractivity (Wildman–Crippen MR) is 107 cm³/mol. The number of benzene rings is 2. The topological polar surface area (TPSA) is 76.0 Å². The molecular weight excluding hydrogens is 364 g/mol. The molecule has 6 nitrogen and oxygen atoms in total. The first-order valence-electron chi connectivity index (χ1n) is 8.88. The molecular formula is C20H21ClN4O2. The fraction of sp³-hybridized carbons (Fsp3) is 0.250. The van der Waals surface area contributed by atoms with E-state index in [2.05, 4.69) is 22.5 Å². The van der Waals surface area contributed by atoms with Crippen molar-refractivity contribution in [3.63, 3.8) is 0 Å². The summed E-state index contributed by atoms with van der Waals surface area (Å²) < 4.78 is 2.00. The van der Waals surface area contributed by atoms with Crippen LogP contribution in [-0.4, -0.2) is 27.9 Å². The second kappa shape index (κ2) is 8.68. The number of aryl methyl sites for hydroxylation is 1. The summed E-state index contributed by atoms with van der Waals surface area (Å²) in [7, 11) is 0. The number of aromatic nitrogens is 2. The molecule has 0 spiro atoms. The molecule has 0 aliphatic heterocycles. The third kappa shape index (κ3) is 4.46. The molecule has 0 atom stereocenters. The van der Waals surface area contributed by atoms with Crippen LogP contribution in [0.5, 0.6) is 0 Å². The summed E-state index contributed by atoms with van der Waals surface area (Å²) in [5.41, 5.74) is 2.22. The largest absolute Gasteiger partial charge is 0.351 e. The summed E-state index contributed by atoms with van der Waals surface area (Å²) in [6, 6.07) is 14.6. The zero-order valence-electron chi connectivity index (χ0n) is 15.0. The van der Waals surface area contributed by atoms with Crippen molar-refractivity contribution in [3.05, 3.63) is 59.1 Å². The number of rotatable bonds is 7. The molecule has 1 heterocycles. The van der Waals surface area contributed by atoms with Crippen molar-refractivity contribution in [1.82, 2.24) is 14.9 Å². The second-order valence-electron chi connectivity index (χ2n) is 6.11. The number of nitrogens with one attached hydrogen (secondary N) is 2. The van der Waals surface area contributed by atoms with Gasteiger partial charge >= 0.3 is 0 Å². The fourth-order valence-corrected chi connectivity index (χ4v) is 3.06. The van der Waals surface area contributed by atoms with Crippen molar-refractivity contribution < 1.29 is 9.59 Å². The van der Waals surface area contributed by atoms with Crippen molar-refractivity contribution in [3.8, 4) is 0 Å². The lowest BCUT2D eigenvalue weighted by Crippen LogP contribution is -2.28. The van der Waals surface area contributed by atoms with Crippen LogP contribution in [0.3, 0.4) is 0 Å².